The summed E-state index contributed by atoms with van der Waals surface area (Å²) >= 11 is 0. The molecule has 1 nitrogen and oxygen atoms in total. The van der Waals surface area contributed by atoms with E-state index in [0.29, 0.717) is 5.75 Å². The van der Waals surface area contributed by atoms with Gasteiger partial charge < -0.3 is 5.11 Å². The zero-order valence-electron chi connectivity index (χ0n) is 9.59. The first-order valence-corrected chi connectivity index (χ1v) is 5.61. The molecule has 0 fully saturated rings. The van der Waals surface area contributed by atoms with Crippen molar-refractivity contribution in [2.45, 2.75) is 46.5 Å². The lowest BCUT2D eigenvalue weighted by Crippen LogP contribution is -1.85. The summed E-state index contributed by atoms with van der Waals surface area (Å²) in [6.07, 6.45) is 4.65. The van der Waals surface area contributed by atoms with Gasteiger partial charge in [0.1, 0.15) is 5.75 Å². The van der Waals surface area contributed by atoms with Gasteiger partial charge in [0.05, 0.1) is 0 Å². The Bertz CT molecular complexity index is 230. The first kappa shape index (κ1) is 13.0. The maximum absolute atomic E-state index is 9.41. The number of hydrogen-bond acceptors (Lipinski definition) is 1. The van der Waals surface area contributed by atoms with Gasteiger partial charge in [-0.05, 0) is 24.5 Å². The van der Waals surface area contributed by atoms with Crippen molar-refractivity contribution >= 4 is 0 Å². The molecule has 0 radical (unpaired) electrons. The minimum absolute atomic E-state index is 0.439. The zero-order valence-corrected chi connectivity index (χ0v) is 9.59. The minimum atomic E-state index is 0.439. The molecule has 1 aromatic rings. The summed E-state index contributed by atoms with van der Waals surface area (Å²) in [5, 5.41) is 9.41. The van der Waals surface area contributed by atoms with Crippen LogP contribution in [-0.2, 0) is 6.42 Å². The Labute approximate surface area is 87.8 Å². The second-order valence-corrected chi connectivity index (χ2v) is 3.09. The molecule has 0 bridgehead atoms. The normalized spacial score (nSPS) is 9.07. The van der Waals surface area contributed by atoms with E-state index in [2.05, 4.69) is 6.92 Å². The first-order valence-electron chi connectivity index (χ1n) is 5.61. The number of phenols is 1. The summed E-state index contributed by atoms with van der Waals surface area (Å²) in [6, 6.07) is 7.58. The fourth-order valence-electron chi connectivity index (χ4n) is 1.29. The Balaban J connectivity index is 0.000000791. The molecule has 0 heterocycles. The highest BCUT2D eigenvalue weighted by Crippen LogP contribution is 2.17. The van der Waals surface area contributed by atoms with Crippen molar-refractivity contribution in [2.75, 3.05) is 0 Å². The molecule has 0 aliphatic carbocycles. The van der Waals surface area contributed by atoms with E-state index in [4.69, 9.17) is 0 Å². The van der Waals surface area contributed by atoms with Gasteiger partial charge >= 0.3 is 0 Å². The van der Waals surface area contributed by atoms with E-state index in [-0.39, 0.29) is 0 Å². The number of aromatic hydroxyl groups is 1. The Morgan fingerprint density at radius 3 is 2.29 bits per heavy atom. The lowest BCUT2D eigenvalue weighted by Gasteiger charge is -2.02. The van der Waals surface area contributed by atoms with Crippen LogP contribution in [0.1, 0.15) is 45.6 Å². The van der Waals surface area contributed by atoms with E-state index in [1.54, 1.807) is 6.07 Å². The molecule has 0 aromatic heterocycles. The molecule has 14 heavy (non-hydrogen) atoms. The standard InChI is InChI=1S/C11H16O.C2H6/c1-2-3-4-7-10-8-5-6-9-11(10)12;1-2/h5-6,8-9,12H,2-4,7H2,1H3;1-2H3. The van der Waals surface area contributed by atoms with Gasteiger partial charge in [-0.2, -0.15) is 0 Å². The predicted octanol–water partition coefficient (Wildman–Crippen LogP) is 4.15. The minimum Gasteiger partial charge on any atom is -0.508 e. The summed E-state index contributed by atoms with van der Waals surface area (Å²) in [5.41, 5.74) is 1.07. The fraction of sp³-hybridized carbons (Fsp3) is 0.538. The Morgan fingerprint density at radius 2 is 1.71 bits per heavy atom. The third kappa shape index (κ3) is 4.90. The summed E-state index contributed by atoms with van der Waals surface area (Å²) in [6.45, 7) is 6.19. The van der Waals surface area contributed by atoms with E-state index in [1.807, 2.05) is 32.0 Å². The quantitative estimate of drug-likeness (QED) is 0.714. The van der Waals surface area contributed by atoms with E-state index in [9.17, 15) is 5.11 Å². The lowest BCUT2D eigenvalue weighted by atomic mass is 10.1. The van der Waals surface area contributed by atoms with Gasteiger partial charge in [0.15, 0.2) is 0 Å². The van der Waals surface area contributed by atoms with Crippen molar-refractivity contribution in [1.82, 2.24) is 0 Å². The molecule has 80 valence electrons. The number of aryl methyl sites for hydroxylation is 1. The van der Waals surface area contributed by atoms with Crippen LogP contribution >= 0.6 is 0 Å². The molecule has 0 saturated heterocycles. The molecule has 0 atom stereocenters. The number of benzene rings is 1. The molecular weight excluding hydrogens is 172 g/mol. The molecule has 0 unspecified atom stereocenters. The molecular formula is C13H22O. The molecule has 1 aromatic carbocycles. The summed E-state index contributed by atoms with van der Waals surface area (Å²) in [4.78, 5) is 0. The van der Waals surface area contributed by atoms with Crippen LogP contribution in [0.2, 0.25) is 0 Å². The van der Waals surface area contributed by atoms with Crippen molar-refractivity contribution in [3.05, 3.63) is 29.8 Å². The number of para-hydroxylation sites is 1. The van der Waals surface area contributed by atoms with Crippen LogP contribution in [0.4, 0.5) is 0 Å². The molecule has 1 heteroatoms. The first-order chi connectivity index (χ1) is 6.84. The van der Waals surface area contributed by atoms with E-state index < -0.39 is 0 Å². The molecule has 0 aliphatic heterocycles. The van der Waals surface area contributed by atoms with Gasteiger partial charge in [-0.25, -0.2) is 0 Å². The average Bonchev–Trinajstić information content (AvgIpc) is 2.24. The van der Waals surface area contributed by atoms with Crippen LogP contribution in [0.15, 0.2) is 24.3 Å². The van der Waals surface area contributed by atoms with Crippen LogP contribution < -0.4 is 0 Å². The Hall–Kier alpha value is -0.980. The van der Waals surface area contributed by atoms with Crippen molar-refractivity contribution in [1.29, 1.82) is 0 Å². The molecule has 0 amide bonds. The highest BCUT2D eigenvalue weighted by molar-refractivity contribution is 5.31. The van der Waals surface area contributed by atoms with Crippen LogP contribution in [0.3, 0.4) is 0 Å². The fourth-order valence-corrected chi connectivity index (χ4v) is 1.29. The predicted molar refractivity (Wildman–Crippen MR) is 62.7 cm³/mol. The summed E-state index contributed by atoms with van der Waals surface area (Å²) < 4.78 is 0. The SMILES string of the molecule is CC.CCCCCc1ccccc1O. The molecule has 0 saturated carbocycles. The van der Waals surface area contributed by atoms with Gasteiger partial charge in [0.25, 0.3) is 0 Å². The monoisotopic (exact) mass is 194 g/mol. The second kappa shape index (κ2) is 8.61. The van der Waals surface area contributed by atoms with Gasteiger partial charge in [-0.15, -0.1) is 0 Å². The number of unbranched alkanes of at least 4 members (excludes halogenated alkanes) is 2. The van der Waals surface area contributed by atoms with E-state index in [0.717, 1.165) is 12.0 Å². The van der Waals surface area contributed by atoms with Gasteiger partial charge in [-0.1, -0.05) is 51.8 Å². The highest BCUT2D eigenvalue weighted by Gasteiger charge is 1.97. The molecule has 1 rings (SSSR count). The molecule has 1 N–H and O–H groups in total. The number of hydrogen-bond donors (Lipinski definition) is 1. The second-order valence-electron chi connectivity index (χ2n) is 3.09. The lowest BCUT2D eigenvalue weighted by molar-refractivity contribution is 0.466. The van der Waals surface area contributed by atoms with Crippen LogP contribution in [0.25, 0.3) is 0 Å². The van der Waals surface area contributed by atoms with Gasteiger partial charge in [0.2, 0.25) is 0 Å². The zero-order chi connectivity index (χ0) is 10.8. The number of phenolic OH excluding ortho intramolecular Hbond substituents is 1. The van der Waals surface area contributed by atoms with Gasteiger partial charge in [-0.3, -0.25) is 0 Å². The van der Waals surface area contributed by atoms with Crippen LogP contribution in [0, 0.1) is 0 Å². The Morgan fingerprint density at radius 1 is 1.07 bits per heavy atom. The van der Waals surface area contributed by atoms with Crippen molar-refractivity contribution in [3.63, 3.8) is 0 Å². The van der Waals surface area contributed by atoms with E-state index in [1.165, 1.54) is 19.3 Å². The van der Waals surface area contributed by atoms with Crippen LogP contribution in [0.5, 0.6) is 5.75 Å². The topological polar surface area (TPSA) is 20.2 Å². The van der Waals surface area contributed by atoms with Gasteiger partial charge in [0, 0.05) is 0 Å². The summed E-state index contributed by atoms with van der Waals surface area (Å²) in [7, 11) is 0. The van der Waals surface area contributed by atoms with Crippen molar-refractivity contribution in [3.8, 4) is 5.75 Å². The third-order valence-corrected chi connectivity index (χ3v) is 2.04. The van der Waals surface area contributed by atoms with Crippen LogP contribution in [-0.4, -0.2) is 5.11 Å². The summed E-state index contributed by atoms with van der Waals surface area (Å²) in [5.74, 6) is 0.439. The average molecular weight is 194 g/mol. The van der Waals surface area contributed by atoms with Crippen molar-refractivity contribution in [2.24, 2.45) is 0 Å². The largest absolute Gasteiger partial charge is 0.508 e. The number of rotatable bonds is 4. The maximum Gasteiger partial charge on any atom is 0.118 e. The van der Waals surface area contributed by atoms with Crippen molar-refractivity contribution < 1.29 is 5.11 Å². The third-order valence-electron chi connectivity index (χ3n) is 2.04. The smallest absolute Gasteiger partial charge is 0.118 e. The molecule has 0 spiro atoms. The highest BCUT2D eigenvalue weighted by atomic mass is 16.3. The van der Waals surface area contributed by atoms with E-state index >= 15 is 0 Å². The molecule has 0 aliphatic rings. The maximum atomic E-state index is 9.41. The Kier molecular flexibility index (Phi) is 8.01.